The summed E-state index contributed by atoms with van der Waals surface area (Å²) < 4.78 is 0. The van der Waals surface area contributed by atoms with Gasteiger partial charge in [-0.3, -0.25) is 10.2 Å². The third kappa shape index (κ3) is 5.36. The number of β-amino-alcohol motifs (C(OH)–C–C–N with tert-alkyl or cyclic N) is 1. The van der Waals surface area contributed by atoms with Crippen LogP contribution in [-0.2, 0) is 0 Å². The van der Waals surface area contributed by atoms with E-state index in [-0.39, 0.29) is 6.61 Å². The first-order chi connectivity index (χ1) is 15.0. The van der Waals surface area contributed by atoms with Crippen LogP contribution < -0.4 is 10.2 Å². The number of aromatic nitrogens is 4. The van der Waals surface area contributed by atoms with E-state index in [1.165, 1.54) is 5.56 Å². The van der Waals surface area contributed by atoms with Crippen LogP contribution in [0.3, 0.4) is 0 Å². The first kappa shape index (κ1) is 21.6. The number of benzene rings is 1. The molecule has 2 N–H and O–H groups in total. The largest absolute Gasteiger partial charge is 0.395 e. The molecule has 31 heavy (non-hydrogen) atoms. The van der Waals surface area contributed by atoms with Crippen LogP contribution in [0.15, 0.2) is 30.5 Å². The van der Waals surface area contributed by atoms with Gasteiger partial charge in [-0.2, -0.15) is 15.0 Å². The minimum absolute atomic E-state index is 0.191. The number of aliphatic hydroxyl groups excluding tert-OH is 1. The highest BCUT2D eigenvalue weighted by Crippen LogP contribution is 2.31. The van der Waals surface area contributed by atoms with E-state index in [1.807, 2.05) is 13.1 Å². The molecule has 3 aromatic rings. The molecule has 1 aliphatic rings. The fourth-order valence-corrected chi connectivity index (χ4v) is 4.39. The number of nitrogens with one attached hydrogen (secondary N) is 1. The number of rotatable bonds is 7. The molecule has 0 spiro atoms. The van der Waals surface area contributed by atoms with Gasteiger partial charge < -0.3 is 10.0 Å². The predicted octanol–water partition coefficient (Wildman–Crippen LogP) is 3.28. The summed E-state index contributed by atoms with van der Waals surface area (Å²) in [4.78, 5) is 23.6. The molecule has 3 heterocycles. The molecule has 0 aliphatic carbocycles. The Labute approximate surface area is 187 Å². The first-order valence-corrected chi connectivity index (χ1v) is 11.5. The molecule has 1 saturated heterocycles. The number of anilines is 3. The standard InChI is InChI=1S/C22H29N7OS/c1-15(2)17-4-6-18(7-5-17)19-14-23-22(31-19)27-20-24-16(3)25-21(26-20)29-10-8-28(9-11-29)12-13-30/h4-7,14-15,30H,8-13H2,1-3H3,(H,23,24,25,26,27). The Kier molecular flexibility index (Phi) is 6.74. The molecule has 0 saturated carbocycles. The highest BCUT2D eigenvalue weighted by molar-refractivity contribution is 7.18. The van der Waals surface area contributed by atoms with E-state index in [4.69, 9.17) is 5.11 Å². The summed E-state index contributed by atoms with van der Waals surface area (Å²) in [7, 11) is 0. The molecule has 0 atom stereocenters. The third-order valence-electron chi connectivity index (χ3n) is 5.39. The van der Waals surface area contributed by atoms with Crippen molar-refractivity contribution in [3.8, 4) is 10.4 Å². The van der Waals surface area contributed by atoms with E-state index in [1.54, 1.807) is 11.3 Å². The fourth-order valence-electron chi connectivity index (χ4n) is 3.57. The third-order valence-corrected chi connectivity index (χ3v) is 6.35. The van der Waals surface area contributed by atoms with Crippen LogP contribution in [0.25, 0.3) is 10.4 Å². The zero-order valence-corrected chi connectivity index (χ0v) is 19.1. The molecule has 9 heteroatoms. The van der Waals surface area contributed by atoms with Gasteiger partial charge in [-0.1, -0.05) is 49.4 Å². The molecule has 164 valence electrons. The molecule has 8 nitrogen and oxygen atoms in total. The first-order valence-electron chi connectivity index (χ1n) is 10.7. The summed E-state index contributed by atoms with van der Waals surface area (Å²) in [5, 5.41) is 13.1. The predicted molar refractivity (Wildman–Crippen MR) is 125 cm³/mol. The molecule has 0 amide bonds. The van der Waals surface area contributed by atoms with Crippen molar-refractivity contribution in [3.63, 3.8) is 0 Å². The summed E-state index contributed by atoms with van der Waals surface area (Å²) >= 11 is 1.58. The van der Waals surface area contributed by atoms with Crippen LogP contribution in [0.1, 0.15) is 31.2 Å². The smallest absolute Gasteiger partial charge is 0.234 e. The number of hydrogen-bond acceptors (Lipinski definition) is 9. The van der Waals surface area contributed by atoms with Gasteiger partial charge in [0, 0.05) is 38.9 Å². The van der Waals surface area contributed by atoms with Crippen LogP contribution in [0.5, 0.6) is 0 Å². The van der Waals surface area contributed by atoms with E-state index in [0.29, 0.717) is 30.2 Å². The van der Waals surface area contributed by atoms with Crippen molar-refractivity contribution in [1.82, 2.24) is 24.8 Å². The number of aliphatic hydroxyl groups is 1. The van der Waals surface area contributed by atoms with Crippen LogP contribution >= 0.6 is 11.3 Å². The van der Waals surface area contributed by atoms with Gasteiger partial charge in [0.25, 0.3) is 0 Å². The topological polar surface area (TPSA) is 90.3 Å². The van der Waals surface area contributed by atoms with E-state index in [2.05, 4.69) is 73.2 Å². The van der Waals surface area contributed by atoms with Gasteiger partial charge in [0.2, 0.25) is 11.9 Å². The van der Waals surface area contributed by atoms with Crippen molar-refractivity contribution < 1.29 is 5.11 Å². The summed E-state index contributed by atoms with van der Waals surface area (Å²) in [6, 6.07) is 8.64. The molecule has 1 fully saturated rings. The maximum atomic E-state index is 9.12. The molecule has 4 rings (SSSR count). The van der Waals surface area contributed by atoms with Crippen LogP contribution in [0.2, 0.25) is 0 Å². The molecule has 0 radical (unpaired) electrons. The monoisotopic (exact) mass is 439 g/mol. The van der Waals surface area contributed by atoms with Gasteiger partial charge in [0.15, 0.2) is 5.13 Å². The van der Waals surface area contributed by atoms with Gasteiger partial charge >= 0.3 is 0 Å². The second-order valence-corrected chi connectivity index (χ2v) is 9.02. The van der Waals surface area contributed by atoms with E-state index < -0.39 is 0 Å². The quantitative estimate of drug-likeness (QED) is 0.580. The normalized spacial score (nSPS) is 14.9. The van der Waals surface area contributed by atoms with Crippen molar-refractivity contribution in [3.05, 3.63) is 41.9 Å². The van der Waals surface area contributed by atoms with E-state index >= 15 is 0 Å². The average molecular weight is 440 g/mol. The Morgan fingerprint density at radius 3 is 2.48 bits per heavy atom. The molecular weight excluding hydrogens is 410 g/mol. The lowest BCUT2D eigenvalue weighted by Crippen LogP contribution is -2.47. The minimum Gasteiger partial charge on any atom is -0.395 e. The van der Waals surface area contributed by atoms with Crippen molar-refractivity contribution in [1.29, 1.82) is 0 Å². The Morgan fingerprint density at radius 1 is 1.06 bits per heavy atom. The van der Waals surface area contributed by atoms with Crippen molar-refractivity contribution in [2.24, 2.45) is 0 Å². The molecular formula is C22H29N7OS. The van der Waals surface area contributed by atoms with Crippen LogP contribution in [0.4, 0.5) is 17.0 Å². The molecule has 1 aromatic carbocycles. The minimum atomic E-state index is 0.191. The van der Waals surface area contributed by atoms with E-state index in [9.17, 15) is 0 Å². The highest BCUT2D eigenvalue weighted by Gasteiger charge is 2.20. The SMILES string of the molecule is Cc1nc(Nc2ncc(-c3ccc(C(C)C)cc3)s2)nc(N2CCN(CCO)CC2)n1. The summed E-state index contributed by atoms with van der Waals surface area (Å²) in [5.41, 5.74) is 2.49. The van der Waals surface area contributed by atoms with Gasteiger partial charge in [-0.05, 0) is 24.0 Å². The number of hydrogen-bond donors (Lipinski definition) is 2. The van der Waals surface area contributed by atoms with Crippen molar-refractivity contribution >= 4 is 28.4 Å². The second kappa shape index (κ2) is 9.67. The fraction of sp³-hybridized carbons (Fsp3) is 0.455. The number of thiazole rings is 1. The maximum Gasteiger partial charge on any atom is 0.234 e. The Bertz CT molecular complexity index is 997. The van der Waals surface area contributed by atoms with Crippen LogP contribution in [0, 0.1) is 6.92 Å². The lowest BCUT2D eigenvalue weighted by atomic mass is 10.0. The summed E-state index contributed by atoms with van der Waals surface area (Å²) in [5.74, 6) is 2.38. The van der Waals surface area contributed by atoms with Gasteiger partial charge in [0.1, 0.15) is 5.82 Å². The highest BCUT2D eigenvalue weighted by atomic mass is 32.1. The maximum absolute atomic E-state index is 9.12. The molecule has 0 unspecified atom stereocenters. The van der Waals surface area contributed by atoms with Crippen LogP contribution in [-0.4, -0.2) is 69.3 Å². The Hall–Kier alpha value is -2.62. The lowest BCUT2D eigenvalue weighted by Gasteiger charge is -2.34. The Balaban J connectivity index is 1.45. The molecule has 2 aromatic heterocycles. The molecule has 0 bridgehead atoms. The van der Waals surface area contributed by atoms with Gasteiger partial charge in [-0.15, -0.1) is 0 Å². The number of piperazine rings is 1. The zero-order chi connectivity index (χ0) is 21.8. The average Bonchev–Trinajstić information content (AvgIpc) is 3.22. The van der Waals surface area contributed by atoms with Gasteiger partial charge in [-0.25, -0.2) is 4.98 Å². The van der Waals surface area contributed by atoms with Gasteiger partial charge in [0.05, 0.1) is 11.5 Å². The molecule has 1 aliphatic heterocycles. The lowest BCUT2D eigenvalue weighted by molar-refractivity contribution is 0.188. The van der Waals surface area contributed by atoms with Crippen molar-refractivity contribution in [2.45, 2.75) is 26.7 Å². The van der Waals surface area contributed by atoms with Crippen molar-refractivity contribution in [2.75, 3.05) is 49.5 Å². The summed E-state index contributed by atoms with van der Waals surface area (Å²) in [6.07, 6.45) is 1.88. The number of aryl methyl sites for hydroxylation is 1. The zero-order valence-electron chi connectivity index (χ0n) is 18.2. The second-order valence-electron chi connectivity index (χ2n) is 7.99. The van der Waals surface area contributed by atoms with E-state index in [0.717, 1.165) is 41.8 Å². The Morgan fingerprint density at radius 2 is 1.81 bits per heavy atom. The summed E-state index contributed by atoms with van der Waals surface area (Å²) in [6.45, 7) is 10.6. The number of nitrogens with zero attached hydrogens (tertiary/aromatic N) is 6.